The number of likely N-dealkylation sites (N-methyl/N-ethyl adjacent to an activating group) is 1. The van der Waals surface area contributed by atoms with Crippen molar-refractivity contribution in [1.29, 1.82) is 0 Å². The normalized spacial score (nSPS) is 10.3. The maximum atomic E-state index is 11.9. The lowest BCUT2D eigenvalue weighted by Gasteiger charge is -2.10. The van der Waals surface area contributed by atoms with Crippen molar-refractivity contribution in [1.82, 2.24) is 10.2 Å². The van der Waals surface area contributed by atoms with Gasteiger partial charge >= 0.3 is 0 Å². The third-order valence-corrected chi connectivity index (χ3v) is 3.37. The van der Waals surface area contributed by atoms with E-state index in [0.29, 0.717) is 31.7 Å². The summed E-state index contributed by atoms with van der Waals surface area (Å²) in [6.07, 6.45) is 0.448. The third-order valence-electron chi connectivity index (χ3n) is 2.52. The van der Waals surface area contributed by atoms with Crippen molar-refractivity contribution < 1.29 is 14.6 Å². The molecule has 1 heterocycles. The maximum Gasteiger partial charge on any atom is 0.252 e. The Morgan fingerprint density at radius 1 is 1.48 bits per heavy atom. The number of thiophene rings is 1. The summed E-state index contributed by atoms with van der Waals surface area (Å²) in [7, 11) is 3.98. The van der Waals surface area contributed by atoms with Gasteiger partial charge < -0.3 is 20.1 Å². The quantitative estimate of drug-likeness (QED) is 0.550. The topological polar surface area (TPSA) is 61.8 Å². The van der Waals surface area contributed by atoms with E-state index in [4.69, 9.17) is 9.84 Å². The molecule has 0 atom stereocenters. The summed E-state index contributed by atoms with van der Waals surface area (Å²) >= 11 is 1.43. The lowest BCUT2D eigenvalue weighted by atomic mass is 10.3. The van der Waals surface area contributed by atoms with Gasteiger partial charge in [-0.15, -0.1) is 11.3 Å². The van der Waals surface area contributed by atoms with E-state index in [1.54, 1.807) is 11.4 Å². The molecule has 0 saturated carbocycles. The van der Waals surface area contributed by atoms with Gasteiger partial charge in [0, 0.05) is 24.9 Å². The van der Waals surface area contributed by atoms with Gasteiger partial charge in [0.25, 0.3) is 5.91 Å². The smallest absolute Gasteiger partial charge is 0.252 e. The number of ether oxygens (including phenoxy) is 1. The van der Waals surface area contributed by atoms with Crippen LogP contribution in [0.3, 0.4) is 0 Å². The molecule has 0 aliphatic rings. The number of aliphatic hydroxyl groups is 1. The van der Waals surface area contributed by atoms with E-state index in [0.717, 1.165) is 11.4 Å². The Labute approximate surface area is 129 Å². The van der Waals surface area contributed by atoms with Gasteiger partial charge in [-0.05, 0) is 20.2 Å². The third kappa shape index (κ3) is 7.83. The Morgan fingerprint density at radius 3 is 3.00 bits per heavy atom. The standard InChI is InChI=1S/C15H22N2O3S/c1-17(2)7-10-20-9-6-16-15(19)13-11-14(21-12-13)5-3-4-8-18/h11-12,18H,4,6-10H2,1-2H3,(H,16,19). The average Bonchev–Trinajstić information content (AvgIpc) is 2.91. The largest absolute Gasteiger partial charge is 0.395 e. The summed E-state index contributed by atoms with van der Waals surface area (Å²) in [5.74, 6) is 5.64. The van der Waals surface area contributed by atoms with Crippen molar-refractivity contribution in [3.8, 4) is 11.8 Å². The minimum atomic E-state index is -0.113. The molecule has 0 aliphatic carbocycles. The number of amides is 1. The van der Waals surface area contributed by atoms with Crippen LogP contribution in [0, 0.1) is 11.8 Å². The molecule has 0 aliphatic heterocycles. The Balaban J connectivity index is 2.25. The fourth-order valence-electron chi connectivity index (χ4n) is 1.41. The van der Waals surface area contributed by atoms with Crippen LogP contribution < -0.4 is 5.32 Å². The van der Waals surface area contributed by atoms with Crippen LogP contribution in [0.5, 0.6) is 0 Å². The van der Waals surface area contributed by atoms with Crippen molar-refractivity contribution in [3.05, 3.63) is 21.9 Å². The molecule has 0 aromatic carbocycles. The molecule has 0 spiro atoms. The SMILES string of the molecule is CN(C)CCOCCNC(=O)c1csc(C#CCCO)c1. The zero-order valence-electron chi connectivity index (χ0n) is 12.5. The van der Waals surface area contributed by atoms with Crippen LogP contribution in [0.2, 0.25) is 0 Å². The Bertz CT molecular complexity index is 489. The highest BCUT2D eigenvalue weighted by molar-refractivity contribution is 7.10. The molecule has 1 amide bonds. The predicted octanol–water partition coefficient (Wildman–Crippen LogP) is 0.790. The first-order valence-corrected chi connectivity index (χ1v) is 7.70. The predicted molar refractivity (Wildman–Crippen MR) is 84.6 cm³/mol. The summed E-state index contributed by atoms with van der Waals surface area (Å²) in [4.78, 5) is 14.7. The molecule has 0 fully saturated rings. The van der Waals surface area contributed by atoms with Crippen LogP contribution in [0.25, 0.3) is 0 Å². The molecule has 1 aromatic heterocycles. The second kappa shape index (κ2) is 10.4. The second-order valence-electron chi connectivity index (χ2n) is 4.65. The monoisotopic (exact) mass is 310 g/mol. The van der Waals surface area contributed by atoms with Crippen LogP contribution in [0.15, 0.2) is 11.4 Å². The highest BCUT2D eigenvalue weighted by atomic mass is 32.1. The summed E-state index contributed by atoms with van der Waals surface area (Å²) < 4.78 is 5.40. The average molecular weight is 310 g/mol. The fourth-order valence-corrected chi connectivity index (χ4v) is 2.17. The van der Waals surface area contributed by atoms with Gasteiger partial charge in [0.1, 0.15) is 0 Å². The molecular weight excluding hydrogens is 288 g/mol. The maximum absolute atomic E-state index is 11.9. The molecule has 0 bridgehead atoms. The van der Waals surface area contributed by atoms with E-state index in [1.165, 1.54) is 11.3 Å². The van der Waals surface area contributed by atoms with Crippen LogP contribution in [0.4, 0.5) is 0 Å². The highest BCUT2D eigenvalue weighted by Gasteiger charge is 2.07. The lowest BCUT2D eigenvalue weighted by Crippen LogP contribution is -2.28. The Hall–Kier alpha value is -1.39. The van der Waals surface area contributed by atoms with E-state index in [2.05, 4.69) is 17.2 Å². The number of nitrogens with zero attached hydrogens (tertiary/aromatic N) is 1. The fraction of sp³-hybridized carbons (Fsp3) is 0.533. The van der Waals surface area contributed by atoms with Gasteiger partial charge in [0.05, 0.1) is 30.3 Å². The first-order valence-electron chi connectivity index (χ1n) is 6.82. The molecule has 5 nitrogen and oxygen atoms in total. The highest BCUT2D eigenvalue weighted by Crippen LogP contribution is 2.13. The first-order chi connectivity index (χ1) is 10.1. The minimum Gasteiger partial charge on any atom is -0.395 e. The van der Waals surface area contributed by atoms with E-state index in [9.17, 15) is 4.79 Å². The summed E-state index contributed by atoms with van der Waals surface area (Å²) in [6, 6.07) is 1.76. The van der Waals surface area contributed by atoms with Crippen molar-refractivity contribution in [2.75, 3.05) is 47.0 Å². The molecule has 0 radical (unpaired) electrons. The van der Waals surface area contributed by atoms with Crippen LogP contribution in [-0.4, -0.2) is 62.9 Å². The van der Waals surface area contributed by atoms with Gasteiger partial charge in [-0.3, -0.25) is 4.79 Å². The van der Waals surface area contributed by atoms with Gasteiger partial charge in [0.2, 0.25) is 0 Å². The van der Waals surface area contributed by atoms with E-state index >= 15 is 0 Å². The van der Waals surface area contributed by atoms with Gasteiger partial charge in [-0.25, -0.2) is 0 Å². The summed E-state index contributed by atoms with van der Waals surface area (Å²) in [6.45, 7) is 2.58. The van der Waals surface area contributed by atoms with E-state index < -0.39 is 0 Å². The number of carbonyl (C=O) groups is 1. The molecule has 0 saturated heterocycles. The zero-order chi connectivity index (χ0) is 15.5. The molecule has 116 valence electrons. The summed E-state index contributed by atoms with van der Waals surface area (Å²) in [5, 5.41) is 13.2. The Kier molecular flexibility index (Phi) is 8.71. The second-order valence-corrected chi connectivity index (χ2v) is 5.56. The number of nitrogens with one attached hydrogen (secondary N) is 1. The van der Waals surface area contributed by atoms with Crippen molar-refractivity contribution in [3.63, 3.8) is 0 Å². The lowest BCUT2D eigenvalue weighted by molar-refractivity contribution is 0.0900. The van der Waals surface area contributed by atoms with Crippen molar-refractivity contribution in [2.45, 2.75) is 6.42 Å². The Morgan fingerprint density at radius 2 is 2.29 bits per heavy atom. The number of aliphatic hydroxyl groups excluding tert-OH is 1. The van der Waals surface area contributed by atoms with Gasteiger partial charge in [-0.1, -0.05) is 11.8 Å². The van der Waals surface area contributed by atoms with Crippen LogP contribution in [0.1, 0.15) is 21.7 Å². The molecule has 1 aromatic rings. The zero-order valence-corrected chi connectivity index (χ0v) is 13.3. The van der Waals surface area contributed by atoms with Gasteiger partial charge in [-0.2, -0.15) is 0 Å². The molecule has 2 N–H and O–H groups in total. The van der Waals surface area contributed by atoms with E-state index in [1.807, 2.05) is 19.0 Å². The number of hydrogen-bond acceptors (Lipinski definition) is 5. The molecule has 0 unspecified atom stereocenters. The first kappa shape index (κ1) is 17.7. The molecular formula is C15H22N2O3S. The summed E-state index contributed by atoms with van der Waals surface area (Å²) in [5.41, 5.74) is 0.613. The van der Waals surface area contributed by atoms with Gasteiger partial charge in [0.15, 0.2) is 0 Å². The molecule has 1 rings (SSSR count). The van der Waals surface area contributed by atoms with Crippen LogP contribution >= 0.6 is 11.3 Å². The van der Waals surface area contributed by atoms with E-state index in [-0.39, 0.29) is 12.5 Å². The van der Waals surface area contributed by atoms with Crippen molar-refractivity contribution in [2.24, 2.45) is 0 Å². The number of hydrogen-bond donors (Lipinski definition) is 2. The molecule has 6 heteroatoms. The van der Waals surface area contributed by atoms with Crippen molar-refractivity contribution >= 4 is 17.2 Å². The van der Waals surface area contributed by atoms with Crippen LogP contribution in [-0.2, 0) is 4.74 Å². The molecule has 21 heavy (non-hydrogen) atoms. The number of rotatable bonds is 8. The minimum absolute atomic E-state index is 0.0551. The number of carbonyl (C=O) groups excluding carboxylic acids is 1.